The molecule has 0 bridgehead atoms. The van der Waals surface area contributed by atoms with E-state index in [-0.39, 0.29) is 17.6 Å². The van der Waals surface area contributed by atoms with E-state index in [1.54, 1.807) is 18.2 Å². The van der Waals surface area contributed by atoms with Crippen LogP contribution in [0.4, 0.5) is 10.1 Å². The topological polar surface area (TPSA) is 77.2 Å². The predicted octanol–water partition coefficient (Wildman–Crippen LogP) is 5.00. The van der Waals surface area contributed by atoms with Crippen LogP contribution >= 0.6 is 0 Å². The van der Waals surface area contributed by atoms with Crippen LogP contribution in [0.15, 0.2) is 42.5 Å². The number of aromatic nitrogens is 1. The number of halogens is 1. The van der Waals surface area contributed by atoms with E-state index in [2.05, 4.69) is 34.4 Å². The van der Waals surface area contributed by atoms with Crippen LogP contribution in [0.2, 0.25) is 0 Å². The Balaban J connectivity index is 1.78. The Morgan fingerprint density at radius 2 is 1.77 bits per heavy atom. The first-order valence-corrected chi connectivity index (χ1v) is 12.0. The normalized spacial score (nSPS) is 13.9. The molecule has 0 spiro atoms. The second-order valence-corrected chi connectivity index (χ2v) is 8.71. The summed E-state index contributed by atoms with van der Waals surface area (Å²) in [4.78, 5) is 31.7. The highest BCUT2D eigenvalue weighted by atomic mass is 19.1. The fourth-order valence-electron chi connectivity index (χ4n) is 4.63. The number of benzene rings is 2. The molecule has 2 amide bonds. The number of rotatable bonds is 8. The molecule has 3 N–H and O–H groups in total. The van der Waals surface area contributed by atoms with Crippen LogP contribution in [0.5, 0.6) is 0 Å². The Hall–Kier alpha value is -3.71. The van der Waals surface area contributed by atoms with Crippen LogP contribution in [0.1, 0.15) is 46.7 Å². The number of fused-ring (bicyclic) bond motifs is 1. The molecule has 1 aliphatic rings. The maximum Gasteiger partial charge on any atom is 0.256 e. The first-order chi connectivity index (χ1) is 16.8. The van der Waals surface area contributed by atoms with Crippen LogP contribution < -0.4 is 10.6 Å². The van der Waals surface area contributed by atoms with Crippen molar-refractivity contribution in [3.05, 3.63) is 76.4 Å². The third-order valence-electron chi connectivity index (χ3n) is 6.51. The maximum atomic E-state index is 13.7. The predicted molar refractivity (Wildman–Crippen MR) is 139 cm³/mol. The van der Waals surface area contributed by atoms with Crippen LogP contribution in [0.25, 0.3) is 22.8 Å². The zero-order valence-electron chi connectivity index (χ0n) is 20.6. The second kappa shape index (κ2) is 10.3. The lowest BCUT2D eigenvalue weighted by molar-refractivity contribution is -0.110. The van der Waals surface area contributed by atoms with Gasteiger partial charge in [0.1, 0.15) is 5.82 Å². The van der Waals surface area contributed by atoms with Crippen molar-refractivity contribution in [1.82, 2.24) is 15.2 Å². The first kappa shape index (κ1) is 24.4. The minimum atomic E-state index is -0.356. The van der Waals surface area contributed by atoms with Gasteiger partial charge in [0.05, 0.1) is 11.1 Å². The molecular weight excluding hydrogens is 443 g/mol. The largest absolute Gasteiger partial charge is 0.358 e. The van der Waals surface area contributed by atoms with Crippen molar-refractivity contribution in [3.63, 3.8) is 0 Å². The van der Waals surface area contributed by atoms with E-state index >= 15 is 0 Å². The highest BCUT2D eigenvalue weighted by Gasteiger charge is 2.28. The van der Waals surface area contributed by atoms with Gasteiger partial charge in [-0.15, -0.1) is 0 Å². The van der Waals surface area contributed by atoms with Crippen molar-refractivity contribution in [2.24, 2.45) is 0 Å². The molecular formula is C28H31FN4O2. The minimum absolute atomic E-state index is 0.197. The number of likely N-dealkylation sites (N-methyl/N-ethyl adjacent to an activating group) is 1. The molecule has 2 aromatic carbocycles. The lowest BCUT2D eigenvalue weighted by atomic mass is 9.96. The molecule has 0 fully saturated rings. The van der Waals surface area contributed by atoms with Gasteiger partial charge in [-0.2, -0.15) is 0 Å². The minimum Gasteiger partial charge on any atom is -0.358 e. The van der Waals surface area contributed by atoms with Gasteiger partial charge in [-0.25, -0.2) is 4.39 Å². The van der Waals surface area contributed by atoms with Crippen molar-refractivity contribution in [1.29, 1.82) is 0 Å². The number of hydrogen-bond donors (Lipinski definition) is 3. The number of H-pyrrole nitrogens is 1. The Bertz CT molecular complexity index is 1290. The summed E-state index contributed by atoms with van der Waals surface area (Å²) in [7, 11) is 0. The van der Waals surface area contributed by atoms with E-state index in [1.165, 1.54) is 12.1 Å². The van der Waals surface area contributed by atoms with Gasteiger partial charge in [0.2, 0.25) is 0 Å². The molecule has 7 heteroatoms. The van der Waals surface area contributed by atoms with Gasteiger partial charge in [0.25, 0.3) is 11.8 Å². The number of carbonyl (C=O) groups excluding carboxylic acids is 2. The summed E-state index contributed by atoms with van der Waals surface area (Å²) in [6.45, 7) is 11.1. The van der Waals surface area contributed by atoms with Gasteiger partial charge >= 0.3 is 0 Å². The zero-order valence-corrected chi connectivity index (χ0v) is 20.6. The fraction of sp³-hybridized carbons (Fsp3) is 0.286. The standard InChI is InChI=1S/C28H31FN4O2/c1-5-33(6-2)15-14-30-28(35)25-18(4)31-23(26(25)19-10-12-20(29)13-11-19)16-21-24-17(3)8-7-9-22(24)32-27(21)34/h7-13,16,31H,5-6,14-15H2,1-4H3,(H,30,35)(H,32,34)/b21-16-. The number of nitrogens with one attached hydrogen (secondary N) is 3. The van der Waals surface area contributed by atoms with Crippen molar-refractivity contribution >= 4 is 29.2 Å². The SMILES string of the molecule is CCN(CC)CCNC(=O)c1c(C)[nH]c(/C=C2\C(=O)Nc3cccc(C)c32)c1-c1ccc(F)cc1. The van der Waals surface area contributed by atoms with Gasteiger partial charge < -0.3 is 20.5 Å². The Labute approximate surface area is 205 Å². The Kier molecular flexibility index (Phi) is 7.17. The average molecular weight is 475 g/mol. The monoisotopic (exact) mass is 474 g/mol. The Morgan fingerprint density at radius 3 is 2.46 bits per heavy atom. The van der Waals surface area contributed by atoms with E-state index in [4.69, 9.17) is 0 Å². The summed E-state index contributed by atoms with van der Waals surface area (Å²) >= 11 is 0. The highest BCUT2D eigenvalue weighted by molar-refractivity contribution is 6.35. The van der Waals surface area contributed by atoms with Crippen LogP contribution in [0, 0.1) is 19.7 Å². The van der Waals surface area contributed by atoms with Gasteiger partial charge in [-0.05, 0) is 62.3 Å². The van der Waals surface area contributed by atoms with Crippen molar-refractivity contribution in [3.8, 4) is 11.1 Å². The zero-order chi connectivity index (χ0) is 25.1. The van der Waals surface area contributed by atoms with Crippen molar-refractivity contribution in [2.75, 3.05) is 31.5 Å². The van der Waals surface area contributed by atoms with Gasteiger partial charge in [-0.1, -0.05) is 38.1 Å². The van der Waals surface area contributed by atoms with E-state index in [9.17, 15) is 14.0 Å². The summed E-state index contributed by atoms with van der Waals surface area (Å²) < 4.78 is 13.7. The number of nitrogens with zero attached hydrogens (tertiary/aromatic N) is 1. The molecule has 35 heavy (non-hydrogen) atoms. The lowest BCUT2D eigenvalue weighted by Crippen LogP contribution is -2.35. The smallest absolute Gasteiger partial charge is 0.256 e. The Morgan fingerprint density at radius 1 is 1.06 bits per heavy atom. The highest BCUT2D eigenvalue weighted by Crippen LogP contribution is 2.38. The molecule has 2 heterocycles. The maximum absolute atomic E-state index is 13.7. The van der Waals surface area contributed by atoms with Crippen LogP contribution in [0.3, 0.4) is 0 Å². The summed E-state index contributed by atoms with van der Waals surface area (Å²) in [5.41, 5.74) is 6.26. The van der Waals surface area contributed by atoms with Crippen molar-refractivity contribution in [2.45, 2.75) is 27.7 Å². The molecule has 0 radical (unpaired) electrons. The molecule has 0 atom stereocenters. The molecule has 1 aromatic heterocycles. The first-order valence-electron chi connectivity index (χ1n) is 12.0. The van der Waals surface area contributed by atoms with Gasteiger partial charge in [0.15, 0.2) is 0 Å². The van der Waals surface area contributed by atoms with Crippen molar-refractivity contribution < 1.29 is 14.0 Å². The number of hydrogen-bond acceptors (Lipinski definition) is 3. The molecule has 3 aromatic rings. The molecule has 0 saturated heterocycles. The summed E-state index contributed by atoms with van der Waals surface area (Å²) in [6, 6.07) is 11.8. The summed E-state index contributed by atoms with van der Waals surface area (Å²) in [5.74, 6) is -0.759. The molecule has 1 aliphatic heterocycles. The summed E-state index contributed by atoms with van der Waals surface area (Å²) in [5, 5.41) is 5.94. The molecule has 0 saturated carbocycles. The van der Waals surface area contributed by atoms with Gasteiger partial charge in [-0.3, -0.25) is 9.59 Å². The summed E-state index contributed by atoms with van der Waals surface area (Å²) in [6.07, 6.45) is 1.78. The molecule has 4 rings (SSSR count). The van der Waals surface area contributed by atoms with Gasteiger partial charge in [0, 0.05) is 41.3 Å². The van der Waals surface area contributed by atoms with E-state index in [0.29, 0.717) is 40.2 Å². The third-order valence-corrected chi connectivity index (χ3v) is 6.51. The quantitative estimate of drug-likeness (QED) is 0.402. The average Bonchev–Trinajstić information content (AvgIpc) is 3.34. The van der Waals surface area contributed by atoms with E-state index < -0.39 is 0 Å². The number of aryl methyl sites for hydroxylation is 2. The van der Waals surface area contributed by atoms with Crippen LogP contribution in [-0.4, -0.2) is 47.9 Å². The molecule has 0 aliphatic carbocycles. The second-order valence-electron chi connectivity index (χ2n) is 8.71. The van der Waals surface area contributed by atoms with E-state index in [1.807, 2.05) is 32.0 Å². The van der Waals surface area contributed by atoms with Crippen LogP contribution in [-0.2, 0) is 4.79 Å². The molecule has 182 valence electrons. The number of carbonyl (C=O) groups is 2. The number of aromatic amines is 1. The molecule has 6 nitrogen and oxygen atoms in total. The number of amides is 2. The third kappa shape index (κ3) is 4.91. The lowest BCUT2D eigenvalue weighted by Gasteiger charge is -2.18. The van der Waals surface area contributed by atoms with E-state index in [0.717, 1.165) is 36.4 Å². The number of anilines is 1. The molecule has 0 unspecified atom stereocenters. The fourth-order valence-corrected chi connectivity index (χ4v) is 4.63.